The third-order valence-electron chi connectivity index (χ3n) is 2.85. The molecule has 78 valence electrons. The van der Waals surface area contributed by atoms with E-state index in [2.05, 4.69) is 5.32 Å². The van der Waals surface area contributed by atoms with Crippen LogP contribution in [-0.2, 0) is 0 Å². The Kier molecular flexibility index (Phi) is 6.65. The molecule has 1 aliphatic heterocycles. The standard InChI is InChI=1S/C11H22ClN/c12-9-5-2-1-3-7-11-8-4-6-10-13-11/h11,13H,1-10H2. The summed E-state index contributed by atoms with van der Waals surface area (Å²) >= 11 is 5.62. The second-order valence-electron chi connectivity index (χ2n) is 4.04. The number of hydrogen-bond acceptors (Lipinski definition) is 1. The van der Waals surface area contributed by atoms with E-state index in [4.69, 9.17) is 11.6 Å². The molecule has 1 unspecified atom stereocenters. The van der Waals surface area contributed by atoms with Crippen molar-refractivity contribution in [3.8, 4) is 0 Å². The minimum absolute atomic E-state index is 0.824. The average Bonchev–Trinajstić information content (AvgIpc) is 2.19. The lowest BCUT2D eigenvalue weighted by Gasteiger charge is -2.23. The van der Waals surface area contributed by atoms with Gasteiger partial charge in [0.25, 0.3) is 0 Å². The van der Waals surface area contributed by atoms with E-state index >= 15 is 0 Å². The molecule has 0 amide bonds. The maximum Gasteiger partial charge on any atom is 0.0223 e. The fraction of sp³-hybridized carbons (Fsp3) is 1.00. The summed E-state index contributed by atoms with van der Waals surface area (Å²) in [5, 5.41) is 3.58. The quantitative estimate of drug-likeness (QED) is 0.516. The molecule has 0 saturated carbocycles. The van der Waals surface area contributed by atoms with E-state index in [1.54, 1.807) is 0 Å². The lowest BCUT2D eigenvalue weighted by molar-refractivity contribution is 0.371. The van der Waals surface area contributed by atoms with E-state index in [9.17, 15) is 0 Å². The summed E-state index contributed by atoms with van der Waals surface area (Å²) in [6.45, 7) is 1.24. The molecule has 0 aromatic rings. The molecule has 0 bridgehead atoms. The van der Waals surface area contributed by atoms with Crippen molar-refractivity contribution in [3.05, 3.63) is 0 Å². The van der Waals surface area contributed by atoms with Gasteiger partial charge in [-0.3, -0.25) is 0 Å². The first kappa shape index (κ1) is 11.3. The second-order valence-corrected chi connectivity index (χ2v) is 4.42. The van der Waals surface area contributed by atoms with E-state index in [0.29, 0.717) is 0 Å². The lowest BCUT2D eigenvalue weighted by Crippen LogP contribution is -2.33. The summed E-state index contributed by atoms with van der Waals surface area (Å²) in [5.41, 5.74) is 0. The van der Waals surface area contributed by atoms with Gasteiger partial charge >= 0.3 is 0 Å². The van der Waals surface area contributed by atoms with Crippen LogP contribution >= 0.6 is 11.6 Å². The maximum atomic E-state index is 5.62. The molecular formula is C11H22ClN. The van der Waals surface area contributed by atoms with E-state index in [0.717, 1.165) is 11.9 Å². The van der Waals surface area contributed by atoms with Gasteiger partial charge in [-0.25, -0.2) is 0 Å². The van der Waals surface area contributed by atoms with E-state index in [-0.39, 0.29) is 0 Å². The minimum atomic E-state index is 0.824. The number of nitrogens with one attached hydrogen (secondary N) is 1. The van der Waals surface area contributed by atoms with Crippen LogP contribution in [0.2, 0.25) is 0 Å². The third-order valence-corrected chi connectivity index (χ3v) is 3.12. The Morgan fingerprint density at radius 1 is 1.08 bits per heavy atom. The van der Waals surface area contributed by atoms with E-state index in [1.807, 2.05) is 0 Å². The van der Waals surface area contributed by atoms with E-state index < -0.39 is 0 Å². The number of halogens is 1. The fourth-order valence-corrected chi connectivity index (χ4v) is 2.20. The van der Waals surface area contributed by atoms with Crippen LogP contribution in [0.25, 0.3) is 0 Å². The molecule has 0 radical (unpaired) electrons. The third kappa shape index (κ3) is 5.53. The Labute approximate surface area is 87.2 Å². The number of unbranched alkanes of at least 4 members (excludes halogenated alkanes) is 3. The Hall–Kier alpha value is 0.250. The van der Waals surface area contributed by atoms with Gasteiger partial charge in [0.1, 0.15) is 0 Å². The van der Waals surface area contributed by atoms with Crippen LogP contribution in [0.1, 0.15) is 51.4 Å². The molecule has 1 rings (SSSR count). The highest BCUT2D eigenvalue weighted by Gasteiger charge is 2.10. The molecule has 0 aromatic heterocycles. The van der Waals surface area contributed by atoms with Crippen LogP contribution in [0, 0.1) is 0 Å². The van der Waals surface area contributed by atoms with Crippen molar-refractivity contribution in [2.75, 3.05) is 12.4 Å². The number of hydrogen-bond donors (Lipinski definition) is 1. The summed E-state index contributed by atoms with van der Waals surface area (Å²) in [7, 11) is 0. The van der Waals surface area contributed by atoms with Crippen LogP contribution in [0.4, 0.5) is 0 Å². The number of piperidine rings is 1. The fourth-order valence-electron chi connectivity index (χ4n) is 2.01. The van der Waals surface area contributed by atoms with Crippen molar-refractivity contribution in [2.24, 2.45) is 0 Å². The van der Waals surface area contributed by atoms with Crippen molar-refractivity contribution in [3.63, 3.8) is 0 Å². The van der Waals surface area contributed by atoms with Gasteiger partial charge in [0.15, 0.2) is 0 Å². The lowest BCUT2D eigenvalue weighted by atomic mass is 9.99. The molecular weight excluding hydrogens is 182 g/mol. The summed E-state index contributed by atoms with van der Waals surface area (Å²) in [4.78, 5) is 0. The summed E-state index contributed by atoms with van der Waals surface area (Å²) < 4.78 is 0. The molecule has 0 aliphatic carbocycles. The molecule has 0 spiro atoms. The van der Waals surface area contributed by atoms with Gasteiger partial charge in [0.2, 0.25) is 0 Å². The molecule has 1 heterocycles. The first-order chi connectivity index (χ1) is 6.43. The monoisotopic (exact) mass is 203 g/mol. The first-order valence-electron chi connectivity index (χ1n) is 5.73. The van der Waals surface area contributed by atoms with Gasteiger partial charge in [0, 0.05) is 11.9 Å². The van der Waals surface area contributed by atoms with Crippen molar-refractivity contribution >= 4 is 11.6 Å². The highest BCUT2D eigenvalue weighted by Crippen LogP contribution is 2.14. The SMILES string of the molecule is ClCCCCCCC1CCCCN1. The summed E-state index contributed by atoms with van der Waals surface area (Å²) in [5.74, 6) is 0.835. The predicted molar refractivity (Wildman–Crippen MR) is 59.4 cm³/mol. The van der Waals surface area contributed by atoms with Crippen LogP contribution in [-0.4, -0.2) is 18.5 Å². The highest BCUT2D eigenvalue weighted by molar-refractivity contribution is 6.17. The van der Waals surface area contributed by atoms with Gasteiger partial charge in [-0.15, -0.1) is 11.6 Å². The molecule has 13 heavy (non-hydrogen) atoms. The van der Waals surface area contributed by atoms with Crippen molar-refractivity contribution in [1.82, 2.24) is 5.32 Å². The predicted octanol–water partition coefficient (Wildman–Crippen LogP) is 3.32. The molecule has 1 nitrogen and oxygen atoms in total. The van der Waals surface area contributed by atoms with Gasteiger partial charge in [-0.05, 0) is 32.2 Å². The Morgan fingerprint density at radius 2 is 1.92 bits per heavy atom. The number of alkyl halides is 1. The van der Waals surface area contributed by atoms with Crippen LogP contribution in [0.3, 0.4) is 0 Å². The van der Waals surface area contributed by atoms with Crippen LogP contribution in [0.15, 0.2) is 0 Å². The number of rotatable bonds is 6. The van der Waals surface area contributed by atoms with Gasteiger partial charge in [-0.1, -0.05) is 25.7 Å². The largest absolute Gasteiger partial charge is 0.314 e. The van der Waals surface area contributed by atoms with Gasteiger partial charge in [-0.2, -0.15) is 0 Å². The zero-order valence-electron chi connectivity index (χ0n) is 8.53. The molecule has 0 aromatic carbocycles. The molecule has 2 heteroatoms. The van der Waals surface area contributed by atoms with Crippen molar-refractivity contribution in [2.45, 2.75) is 57.4 Å². The smallest absolute Gasteiger partial charge is 0.0223 e. The van der Waals surface area contributed by atoms with Crippen LogP contribution in [0.5, 0.6) is 0 Å². The zero-order chi connectivity index (χ0) is 9.36. The molecule has 1 atom stereocenters. The van der Waals surface area contributed by atoms with Crippen molar-refractivity contribution in [1.29, 1.82) is 0 Å². The Morgan fingerprint density at radius 3 is 2.62 bits per heavy atom. The normalized spacial score (nSPS) is 23.3. The molecule has 1 saturated heterocycles. The highest BCUT2D eigenvalue weighted by atomic mass is 35.5. The summed E-state index contributed by atoms with van der Waals surface area (Å²) in [6, 6.07) is 0.824. The van der Waals surface area contributed by atoms with Crippen LogP contribution < -0.4 is 5.32 Å². The van der Waals surface area contributed by atoms with Crippen molar-refractivity contribution < 1.29 is 0 Å². The molecule has 1 aliphatic rings. The zero-order valence-corrected chi connectivity index (χ0v) is 9.28. The average molecular weight is 204 g/mol. The Balaban J connectivity index is 1.86. The topological polar surface area (TPSA) is 12.0 Å². The molecule has 1 fully saturated rings. The minimum Gasteiger partial charge on any atom is -0.314 e. The molecule has 1 N–H and O–H groups in total. The second kappa shape index (κ2) is 7.64. The Bertz CT molecular complexity index is 111. The maximum absolute atomic E-state index is 5.62. The van der Waals surface area contributed by atoms with E-state index in [1.165, 1.54) is 57.9 Å². The van der Waals surface area contributed by atoms with Gasteiger partial charge in [0.05, 0.1) is 0 Å². The first-order valence-corrected chi connectivity index (χ1v) is 6.26. The van der Waals surface area contributed by atoms with Gasteiger partial charge < -0.3 is 5.32 Å². The summed E-state index contributed by atoms with van der Waals surface area (Å²) in [6.07, 6.45) is 10.8.